The zero-order chi connectivity index (χ0) is 14.8. The maximum absolute atomic E-state index is 12.0. The van der Waals surface area contributed by atoms with Crippen LogP contribution in [0.4, 0.5) is 5.69 Å². The first-order chi connectivity index (χ1) is 10.1. The van der Waals surface area contributed by atoms with Crippen molar-refractivity contribution in [3.05, 3.63) is 48.0 Å². The van der Waals surface area contributed by atoms with Crippen LogP contribution in [0.15, 0.2) is 40.9 Å². The molecule has 108 valence electrons. The summed E-state index contributed by atoms with van der Waals surface area (Å²) in [5, 5.41) is 8.16. The van der Waals surface area contributed by atoms with Gasteiger partial charge in [-0.1, -0.05) is 12.1 Å². The first-order valence-corrected chi connectivity index (χ1v) is 6.91. The highest BCUT2D eigenvalue weighted by Crippen LogP contribution is 2.26. The largest absolute Gasteiger partial charge is 0.459 e. The monoisotopic (exact) mass is 283 g/mol. The van der Waals surface area contributed by atoms with Crippen molar-refractivity contribution in [2.45, 2.75) is 26.8 Å². The second kappa shape index (κ2) is 5.44. The summed E-state index contributed by atoms with van der Waals surface area (Å²) < 4.78 is 7.40. The number of benzene rings is 1. The third-order valence-corrected chi connectivity index (χ3v) is 3.28. The summed E-state index contributed by atoms with van der Waals surface area (Å²) in [6.07, 6.45) is 2.25. The minimum atomic E-state index is -0.0512. The Morgan fingerprint density at radius 3 is 2.95 bits per heavy atom. The summed E-state index contributed by atoms with van der Waals surface area (Å²) in [7, 11) is 0. The number of rotatable bonds is 4. The van der Waals surface area contributed by atoms with E-state index in [0.29, 0.717) is 18.7 Å². The van der Waals surface area contributed by atoms with Crippen LogP contribution in [-0.2, 0) is 11.3 Å². The van der Waals surface area contributed by atoms with Gasteiger partial charge in [-0.05, 0) is 32.0 Å². The molecule has 1 aromatic carbocycles. The highest BCUT2D eigenvalue weighted by molar-refractivity contribution is 5.99. The van der Waals surface area contributed by atoms with Crippen molar-refractivity contribution in [2.75, 3.05) is 5.32 Å². The van der Waals surface area contributed by atoms with E-state index in [2.05, 4.69) is 10.4 Å². The Balaban J connectivity index is 1.68. The third kappa shape index (κ3) is 2.97. The number of anilines is 1. The molecule has 2 heterocycles. The van der Waals surface area contributed by atoms with E-state index in [-0.39, 0.29) is 5.91 Å². The average Bonchev–Trinajstić information content (AvgIpc) is 3.02. The number of hydrogen-bond donors (Lipinski definition) is 1. The molecule has 0 fully saturated rings. The number of para-hydroxylation sites is 1. The lowest BCUT2D eigenvalue weighted by Gasteiger charge is -2.06. The molecule has 0 spiro atoms. The topological polar surface area (TPSA) is 60.1 Å². The lowest BCUT2D eigenvalue weighted by atomic mass is 10.2. The molecule has 0 bridgehead atoms. The SMILES string of the molecule is Cc1ccn(CCC(=O)Nc2cccc3cc(C)oc23)n1. The predicted molar refractivity (Wildman–Crippen MR) is 81.2 cm³/mol. The van der Waals surface area contributed by atoms with Crippen LogP contribution in [-0.4, -0.2) is 15.7 Å². The number of fused-ring (bicyclic) bond motifs is 1. The summed E-state index contributed by atoms with van der Waals surface area (Å²) in [5.41, 5.74) is 2.38. The van der Waals surface area contributed by atoms with Gasteiger partial charge < -0.3 is 9.73 Å². The number of amides is 1. The lowest BCUT2D eigenvalue weighted by Crippen LogP contribution is -2.14. The Hall–Kier alpha value is -2.56. The molecule has 3 aromatic rings. The normalized spacial score (nSPS) is 11.0. The molecule has 21 heavy (non-hydrogen) atoms. The molecule has 0 aliphatic heterocycles. The average molecular weight is 283 g/mol. The van der Waals surface area contributed by atoms with E-state index in [4.69, 9.17) is 4.42 Å². The fourth-order valence-corrected chi connectivity index (χ4v) is 2.31. The molecular weight excluding hydrogens is 266 g/mol. The van der Waals surface area contributed by atoms with Crippen LogP contribution in [0, 0.1) is 13.8 Å². The molecular formula is C16H17N3O2. The van der Waals surface area contributed by atoms with E-state index >= 15 is 0 Å². The van der Waals surface area contributed by atoms with E-state index in [1.165, 1.54) is 0 Å². The number of aryl methyl sites for hydroxylation is 3. The van der Waals surface area contributed by atoms with Crippen LogP contribution in [0.2, 0.25) is 0 Å². The van der Waals surface area contributed by atoms with Crippen molar-refractivity contribution in [3.8, 4) is 0 Å². The van der Waals surface area contributed by atoms with Crippen LogP contribution in [0.5, 0.6) is 0 Å². The van der Waals surface area contributed by atoms with Gasteiger partial charge in [0, 0.05) is 24.5 Å². The maximum Gasteiger partial charge on any atom is 0.226 e. The molecule has 0 radical (unpaired) electrons. The highest BCUT2D eigenvalue weighted by Gasteiger charge is 2.09. The van der Waals surface area contributed by atoms with Crippen molar-refractivity contribution in [3.63, 3.8) is 0 Å². The van der Waals surface area contributed by atoms with Gasteiger partial charge in [0.2, 0.25) is 5.91 Å². The van der Waals surface area contributed by atoms with Gasteiger partial charge in [-0.3, -0.25) is 9.48 Å². The first kappa shape index (κ1) is 13.4. The minimum Gasteiger partial charge on any atom is -0.459 e. The zero-order valence-electron chi connectivity index (χ0n) is 12.1. The van der Waals surface area contributed by atoms with Crippen LogP contribution in [0.1, 0.15) is 17.9 Å². The summed E-state index contributed by atoms with van der Waals surface area (Å²) in [4.78, 5) is 12.0. The van der Waals surface area contributed by atoms with Crippen molar-refractivity contribution in [2.24, 2.45) is 0 Å². The van der Waals surface area contributed by atoms with Gasteiger partial charge in [-0.25, -0.2) is 0 Å². The summed E-state index contributed by atoms with van der Waals surface area (Å²) in [6, 6.07) is 9.60. The number of hydrogen-bond acceptors (Lipinski definition) is 3. The third-order valence-electron chi connectivity index (χ3n) is 3.28. The molecule has 0 aliphatic carbocycles. The van der Waals surface area contributed by atoms with Gasteiger partial charge in [-0.15, -0.1) is 0 Å². The second-order valence-electron chi connectivity index (χ2n) is 5.10. The lowest BCUT2D eigenvalue weighted by molar-refractivity contribution is -0.116. The van der Waals surface area contributed by atoms with Crippen molar-refractivity contribution in [1.82, 2.24) is 9.78 Å². The van der Waals surface area contributed by atoms with Crippen LogP contribution >= 0.6 is 0 Å². The maximum atomic E-state index is 12.0. The van der Waals surface area contributed by atoms with Crippen LogP contribution in [0.3, 0.4) is 0 Å². The minimum absolute atomic E-state index is 0.0512. The Kier molecular flexibility index (Phi) is 3.48. The molecule has 0 aliphatic rings. The van der Waals surface area contributed by atoms with E-state index < -0.39 is 0 Å². The summed E-state index contributed by atoms with van der Waals surface area (Å²) in [5.74, 6) is 0.781. The van der Waals surface area contributed by atoms with Gasteiger partial charge >= 0.3 is 0 Å². The highest BCUT2D eigenvalue weighted by atomic mass is 16.3. The quantitative estimate of drug-likeness (QED) is 0.799. The van der Waals surface area contributed by atoms with Crippen LogP contribution < -0.4 is 5.32 Å². The molecule has 5 heteroatoms. The molecule has 0 saturated carbocycles. The molecule has 0 atom stereocenters. The van der Waals surface area contributed by atoms with Gasteiger partial charge in [0.1, 0.15) is 5.76 Å². The molecule has 1 N–H and O–H groups in total. The number of nitrogens with one attached hydrogen (secondary N) is 1. The Labute approximate surface area is 122 Å². The Morgan fingerprint density at radius 2 is 2.19 bits per heavy atom. The van der Waals surface area contributed by atoms with Crippen molar-refractivity contribution < 1.29 is 9.21 Å². The first-order valence-electron chi connectivity index (χ1n) is 6.91. The van der Waals surface area contributed by atoms with Gasteiger partial charge in [0.25, 0.3) is 0 Å². The number of furan rings is 1. The van der Waals surface area contributed by atoms with E-state index in [9.17, 15) is 4.79 Å². The zero-order valence-corrected chi connectivity index (χ0v) is 12.1. The van der Waals surface area contributed by atoms with Gasteiger partial charge in [0.05, 0.1) is 11.4 Å². The molecule has 2 aromatic heterocycles. The molecule has 3 rings (SSSR count). The van der Waals surface area contributed by atoms with E-state index in [1.54, 1.807) is 4.68 Å². The number of carbonyl (C=O) groups is 1. The Morgan fingerprint density at radius 1 is 1.33 bits per heavy atom. The fourth-order valence-electron chi connectivity index (χ4n) is 2.31. The molecule has 1 amide bonds. The predicted octanol–water partition coefficient (Wildman–Crippen LogP) is 3.27. The number of nitrogens with zero attached hydrogens (tertiary/aromatic N) is 2. The number of carbonyl (C=O) groups excluding carboxylic acids is 1. The summed E-state index contributed by atoms with van der Waals surface area (Å²) in [6.45, 7) is 4.38. The van der Waals surface area contributed by atoms with Crippen molar-refractivity contribution in [1.29, 1.82) is 0 Å². The van der Waals surface area contributed by atoms with E-state index in [0.717, 1.165) is 22.4 Å². The molecule has 0 unspecified atom stereocenters. The van der Waals surface area contributed by atoms with Gasteiger partial charge in [0.15, 0.2) is 5.58 Å². The second-order valence-corrected chi connectivity index (χ2v) is 5.10. The standard InChI is InChI=1S/C16H17N3O2/c1-11-6-8-19(18-11)9-7-15(20)17-14-5-3-4-13-10-12(2)21-16(13)14/h3-6,8,10H,7,9H2,1-2H3,(H,17,20). The van der Waals surface area contributed by atoms with Crippen molar-refractivity contribution >= 4 is 22.6 Å². The molecule has 0 saturated heterocycles. The van der Waals surface area contributed by atoms with E-state index in [1.807, 2.05) is 50.4 Å². The Bertz CT molecular complexity index is 786. The molecule has 5 nitrogen and oxygen atoms in total. The summed E-state index contributed by atoms with van der Waals surface area (Å²) >= 11 is 0. The fraction of sp³-hybridized carbons (Fsp3) is 0.250. The number of aromatic nitrogens is 2. The van der Waals surface area contributed by atoms with Crippen LogP contribution in [0.25, 0.3) is 11.0 Å². The smallest absolute Gasteiger partial charge is 0.226 e. The van der Waals surface area contributed by atoms with Gasteiger partial charge in [-0.2, -0.15) is 5.10 Å².